The Balaban J connectivity index is 1.77. The van der Waals surface area contributed by atoms with E-state index in [-0.39, 0.29) is 0 Å². The third-order valence-electron chi connectivity index (χ3n) is 3.81. The van der Waals surface area contributed by atoms with Crippen molar-refractivity contribution in [1.29, 1.82) is 0 Å². The molecule has 1 fully saturated rings. The van der Waals surface area contributed by atoms with Crippen LogP contribution in [0.25, 0.3) is 0 Å². The van der Waals surface area contributed by atoms with E-state index in [1.165, 1.54) is 25.1 Å². The summed E-state index contributed by atoms with van der Waals surface area (Å²) < 4.78 is 5.76. The Morgan fingerprint density at radius 3 is 2.89 bits per heavy atom. The first-order chi connectivity index (χ1) is 9.29. The first-order valence-corrected chi connectivity index (χ1v) is 7.44. The monoisotopic (exact) mass is 262 g/mol. The molecular formula is C16H26N2O. The molecule has 3 nitrogen and oxygen atoms in total. The van der Waals surface area contributed by atoms with Gasteiger partial charge in [0.1, 0.15) is 0 Å². The minimum atomic E-state index is 0.429. The summed E-state index contributed by atoms with van der Waals surface area (Å²) in [5, 5.41) is 3.51. The van der Waals surface area contributed by atoms with E-state index >= 15 is 0 Å². The average Bonchev–Trinajstić information content (AvgIpc) is 2.46. The van der Waals surface area contributed by atoms with Crippen LogP contribution < -0.4 is 5.32 Å². The molecule has 0 bridgehead atoms. The van der Waals surface area contributed by atoms with Crippen molar-refractivity contribution >= 4 is 5.69 Å². The van der Waals surface area contributed by atoms with Gasteiger partial charge in [0.25, 0.3) is 0 Å². The second-order valence-corrected chi connectivity index (χ2v) is 5.31. The summed E-state index contributed by atoms with van der Waals surface area (Å²) >= 11 is 0. The Morgan fingerprint density at radius 2 is 2.16 bits per heavy atom. The van der Waals surface area contributed by atoms with Crippen LogP contribution in [0.5, 0.6) is 0 Å². The van der Waals surface area contributed by atoms with Crippen molar-refractivity contribution in [3.63, 3.8) is 0 Å². The lowest BCUT2D eigenvalue weighted by Crippen LogP contribution is -2.46. The predicted molar refractivity (Wildman–Crippen MR) is 80.6 cm³/mol. The summed E-state index contributed by atoms with van der Waals surface area (Å²) in [7, 11) is 0. The molecule has 1 aromatic rings. The van der Waals surface area contributed by atoms with Crippen molar-refractivity contribution in [2.75, 3.05) is 31.6 Å². The summed E-state index contributed by atoms with van der Waals surface area (Å²) in [6.07, 6.45) is 2.89. The minimum Gasteiger partial charge on any atom is -0.383 e. The molecule has 0 spiro atoms. The van der Waals surface area contributed by atoms with Crippen LogP contribution in [0.2, 0.25) is 0 Å². The van der Waals surface area contributed by atoms with E-state index in [0.29, 0.717) is 12.1 Å². The smallest absolute Gasteiger partial charge is 0.0702 e. The lowest BCUT2D eigenvalue weighted by molar-refractivity contribution is -0.00345. The van der Waals surface area contributed by atoms with Gasteiger partial charge in [-0.05, 0) is 45.4 Å². The molecule has 2 atom stereocenters. The zero-order chi connectivity index (χ0) is 13.5. The van der Waals surface area contributed by atoms with Crippen molar-refractivity contribution in [1.82, 2.24) is 4.90 Å². The van der Waals surface area contributed by atoms with Gasteiger partial charge in [-0.3, -0.25) is 4.90 Å². The summed E-state index contributed by atoms with van der Waals surface area (Å²) in [5.41, 5.74) is 1.20. The molecule has 0 radical (unpaired) electrons. The quantitative estimate of drug-likeness (QED) is 0.853. The lowest BCUT2D eigenvalue weighted by atomic mass is 10.1. The number of para-hydroxylation sites is 1. The zero-order valence-corrected chi connectivity index (χ0v) is 12.1. The van der Waals surface area contributed by atoms with Gasteiger partial charge >= 0.3 is 0 Å². The molecule has 0 amide bonds. The Morgan fingerprint density at radius 1 is 1.37 bits per heavy atom. The highest BCUT2D eigenvalue weighted by molar-refractivity contribution is 5.42. The van der Waals surface area contributed by atoms with Gasteiger partial charge < -0.3 is 10.1 Å². The highest BCUT2D eigenvalue weighted by Gasteiger charge is 2.23. The summed E-state index contributed by atoms with van der Waals surface area (Å²) in [6, 6.07) is 11.0. The molecule has 1 aromatic carbocycles. The topological polar surface area (TPSA) is 24.5 Å². The van der Waals surface area contributed by atoms with Gasteiger partial charge in [0, 0.05) is 31.4 Å². The van der Waals surface area contributed by atoms with E-state index < -0.39 is 0 Å². The zero-order valence-electron chi connectivity index (χ0n) is 12.1. The van der Waals surface area contributed by atoms with Gasteiger partial charge in [0.15, 0.2) is 0 Å². The number of ether oxygens (including phenoxy) is 1. The van der Waals surface area contributed by atoms with Gasteiger partial charge in [-0.2, -0.15) is 0 Å². The number of nitrogens with one attached hydrogen (secondary N) is 1. The fourth-order valence-electron chi connectivity index (χ4n) is 2.69. The maximum atomic E-state index is 5.76. The van der Waals surface area contributed by atoms with Gasteiger partial charge in [0.2, 0.25) is 0 Å². The number of hydrogen-bond acceptors (Lipinski definition) is 3. The number of anilines is 1. The maximum absolute atomic E-state index is 5.76. The fraction of sp³-hybridized carbons (Fsp3) is 0.625. The molecule has 19 heavy (non-hydrogen) atoms. The van der Waals surface area contributed by atoms with Gasteiger partial charge in [-0.1, -0.05) is 18.2 Å². The van der Waals surface area contributed by atoms with Crippen molar-refractivity contribution in [3.8, 4) is 0 Å². The highest BCUT2D eigenvalue weighted by Crippen LogP contribution is 2.16. The van der Waals surface area contributed by atoms with Crippen LogP contribution in [0.15, 0.2) is 30.3 Å². The Bertz CT molecular complexity index is 353. The van der Waals surface area contributed by atoms with E-state index in [9.17, 15) is 0 Å². The Hall–Kier alpha value is -1.06. The Labute approximate surface area is 116 Å². The number of hydrogen-bond donors (Lipinski definition) is 1. The molecule has 1 saturated heterocycles. The Kier molecular flexibility index (Phi) is 5.67. The number of rotatable bonds is 6. The first kappa shape index (κ1) is 14.4. The third kappa shape index (κ3) is 4.51. The van der Waals surface area contributed by atoms with Crippen LogP contribution in [0.1, 0.15) is 26.7 Å². The van der Waals surface area contributed by atoms with E-state index in [0.717, 1.165) is 19.7 Å². The van der Waals surface area contributed by atoms with Crippen molar-refractivity contribution in [2.45, 2.75) is 38.8 Å². The van der Waals surface area contributed by atoms with Crippen molar-refractivity contribution < 1.29 is 4.74 Å². The largest absolute Gasteiger partial charge is 0.383 e. The molecule has 0 saturated carbocycles. The van der Waals surface area contributed by atoms with Crippen LogP contribution in [-0.2, 0) is 4.74 Å². The van der Waals surface area contributed by atoms with Crippen LogP contribution >= 0.6 is 0 Å². The highest BCUT2D eigenvalue weighted by atomic mass is 16.5. The lowest BCUT2D eigenvalue weighted by Gasteiger charge is -2.36. The number of likely N-dealkylation sites (tertiary alicyclic amines) is 1. The SMILES string of the molecule is CCOC1CCCN(C(C)CNc2ccccc2)C1. The molecule has 2 rings (SSSR count). The second-order valence-electron chi connectivity index (χ2n) is 5.31. The molecule has 1 heterocycles. The van der Waals surface area contributed by atoms with E-state index in [2.05, 4.69) is 48.3 Å². The van der Waals surface area contributed by atoms with Gasteiger partial charge in [0.05, 0.1) is 6.10 Å². The standard InChI is InChI=1S/C16H26N2O/c1-3-19-16-10-7-11-18(13-16)14(2)12-17-15-8-5-4-6-9-15/h4-6,8-9,14,16-17H,3,7,10-13H2,1-2H3. The summed E-state index contributed by atoms with van der Waals surface area (Å²) in [6.45, 7) is 8.47. The van der Waals surface area contributed by atoms with Crippen LogP contribution in [0, 0.1) is 0 Å². The van der Waals surface area contributed by atoms with E-state index in [4.69, 9.17) is 4.74 Å². The molecule has 1 aliphatic rings. The third-order valence-corrected chi connectivity index (χ3v) is 3.81. The van der Waals surface area contributed by atoms with Crippen LogP contribution in [-0.4, -0.2) is 43.3 Å². The summed E-state index contributed by atoms with van der Waals surface area (Å²) in [5.74, 6) is 0. The number of nitrogens with zero attached hydrogens (tertiary/aromatic N) is 1. The number of piperidine rings is 1. The molecule has 106 valence electrons. The van der Waals surface area contributed by atoms with Gasteiger partial charge in [-0.25, -0.2) is 0 Å². The molecule has 1 aliphatic heterocycles. The molecule has 0 aromatic heterocycles. The molecule has 1 N–H and O–H groups in total. The van der Waals surface area contributed by atoms with Gasteiger partial charge in [-0.15, -0.1) is 0 Å². The van der Waals surface area contributed by atoms with E-state index in [1.807, 2.05) is 6.07 Å². The van der Waals surface area contributed by atoms with Crippen molar-refractivity contribution in [3.05, 3.63) is 30.3 Å². The first-order valence-electron chi connectivity index (χ1n) is 7.44. The summed E-state index contributed by atoms with van der Waals surface area (Å²) in [4.78, 5) is 2.54. The molecule has 3 heteroatoms. The minimum absolute atomic E-state index is 0.429. The predicted octanol–water partition coefficient (Wildman–Crippen LogP) is 2.99. The second kappa shape index (κ2) is 7.51. The van der Waals surface area contributed by atoms with Crippen molar-refractivity contribution in [2.24, 2.45) is 0 Å². The fourth-order valence-corrected chi connectivity index (χ4v) is 2.69. The molecular weight excluding hydrogens is 236 g/mol. The van der Waals surface area contributed by atoms with Crippen LogP contribution in [0.4, 0.5) is 5.69 Å². The normalized spacial score (nSPS) is 22.1. The van der Waals surface area contributed by atoms with Crippen LogP contribution in [0.3, 0.4) is 0 Å². The maximum Gasteiger partial charge on any atom is 0.0702 e. The number of benzene rings is 1. The van der Waals surface area contributed by atoms with E-state index in [1.54, 1.807) is 0 Å². The molecule has 2 unspecified atom stereocenters. The molecule has 0 aliphatic carbocycles. The average molecular weight is 262 g/mol.